The second kappa shape index (κ2) is 6.50. The minimum absolute atomic E-state index is 0.984. The molecule has 0 fully saturated rings. The van der Waals surface area contributed by atoms with Gasteiger partial charge in [-0.15, -0.1) is 0 Å². The maximum atomic E-state index is 3.39. The first kappa shape index (κ1) is 14.4. The molecule has 3 rings (SSSR count). The van der Waals surface area contributed by atoms with Crippen molar-refractivity contribution in [2.45, 2.75) is 30.1 Å². The molecule has 1 aliphatic rings. The summed E-state index contributed by atoms with van der Waals surface area (Å²) in [6.45, 7) is 6.36. The van der Waals surface area contributed by atoms with Crippen LogP contribution in [0.2, 0.25) is 0 Å². The van der Waals surface area contributed by atoms with Crippen molar-refractivity contribution in [2.24, 2.45) is 0 Å². The van der Waals surface area contributed by atoms with Crippen LogP contribution in [0, 0.1) is 13.8 Å². The summed E-state index contributed by atoms with van der Waals surface area (Å²) in [7, 11) is 0. The molecule has 2 aromatic rings. The molecule has 0 atom stereocenters. The molecule has 0 amide bonds. The van der Waals surface area contributed by atoms with Gasteiger partial charge in [-0.2, -0.15) is 0 Å². The molecule has 0 spiro atoms. The number of hydrogen-bond donors (Lipinski definition) is 1. The van der Waals surface area contributed by atoms with Crippen molar-refractivity contribution in [3.8, 4) is 0 Å². The van der Waals surface area contributed by atoms with Crippen LogP contribution in [0.1, 0.15) is 23.1 Å². The van der Waals surface area contributed by atoms with Crippen LogP contribution in [-0.2, 0) is 0 Å². The van der Waals surface area contributed by atoms with Gasteiger partial charge in [0.2, 0.25) is 0 Å². The summed E-state index contributed by atoms with van der Waals surface area (Å²) in [6, 6.07) is 15.6. The summed E-state index contributed by atoms with van der Waals surface area (Å²) in [6.07, 6.45) is 3.45. The fourth-order valence-electron chi connectivity index (χ4n) is 2.58. The highest BCUT2D eigenvalue weighted by Gasteiger charge is 2.11. The summed E-state index contributed by atoms with van der Waals surface area (Å²) < 4.78 is 0. The fourth-order valence-corrected chi connectivity index (χ4v) is 3.55. The van der Waals surface area contributed by atoms with E-state index in [4.69, 9.17) is 0 Å². The van der Waals surface area contributed by atoms with Crippen LogP contribution < -0.4 is 5.32 Å². The minimum atomic E-state index is 0.984. The Morgan fingerprint density at radius 1 is 0.952 bits per heavy atom. The van der Waals surface area contributed by atoms with Gasteiger partial charge in [0.1, 0.15) is 0 Å². The van der Waals surface area contributed by atoms with Gasteiger partial charge >= 0.3 is 0 Å². The predicted octanol–water partition coefficient (Wildman–Crippen LogP) is 4.83. The molecule has 0 aliphatic carbocycles. The minimum Gasteiger partial charge on any atom is -0.313 e. The zero-order chi connectivity index (χ0) is 14.7. The van der Waals surface area contributed by atoms with Crippen LogP contribution in [-0.4, -0.2) is 13.1 Å². The zero-order valence-corrected chi connectivity index (χ0v) is 13.5. The van der Waals surface area contributed by atoms with E-state index in [1.165, 1.54) is 32.1 Å². The van der Waals surface area contributed by atoms with E-state index in [-0.39, 0.29) is 0 Å². The van der Waals surface area contributed by atoms with Crippen molar-refractivity contribution in [1.29, 1.82) is 0 Å². The lowest BCUT2D eigenvalue weighted by Gasteiger charge is -2.18. The second-order valence-electron chi connectivity index (χ2n) is 5.60. The van der Waals surface area contributed by atoms with Gasteiger partial charge in [-0.25, -0.2) is 0 Å². The van der Waals surface area contributed by atoms with Crippen molar-refractivity contribution >= 4 is 17.3 Å². The number of rotatable bonds is 3. The maximum absolute atomic E-state index is 3.39. The summed E-state index contributed by atoms with van der Waals surface area (Å²) in [5, 5.41) is 3.39. The van der Waals surface area contributed by atoms with Crippen LogP contribution in [0.15, 0.2) is 58.3 Å². The van der Waals surface area contributed by atoms with E-state index >= 15 is 0 Å². The van der Waals surface area contributed by atoms with Gasteiger partial charge in [-0.1, -0.05) is 53.2 Å². The third kappa shape index (κ3) is 3.58. The highest BCUT2D eigenvalue weighted by Crippen LogP contribution is 2.35. The van der Waals surface area contributed by atoms with Crippen molar-refractivity contribution < 1.29 is 0 Å². The molecule has 108 valence electrons. The average molecular weight is 295 g/mol. The molecule has 1 heterocycles. The van der Waals surface area contributed by atoms with E-state index in [0.29, 0.717) is 0 Å². The van der Waals surface area contributed by atoms with Crippen LogP contribution in [0.5, 0.6) is 0 Å². The highest BCUT2D eigenvalue weighted by atomic mass is 32.2. The highest BCUT2D eigenvalue weighted by molar-refractivity contribution is 7.99. The number of nitrogens with one attached hydrogen (secondary N) is 1. The Balaban J connectivity index is 1.94. The van der Waals surface area contributed by atoms with E-state index in [2.05, 4.69) is 67.7 Å². The van der Waals surface area contributed by atoms with E-state index < -0.39 is 0 Å². The van der Waals surface area contributed by atoms with Gasteiger partial charge < -0.3 is 5.32 Å². The number of benzene rings is 2. The summed E-state index contributed by atoms with van der Waals surface area (Å²) in [5.41, 5.74) is 5.52. The normalized spacial score (nSPS) is 14.9. The first-order valence-electron chi connectivity index (χ1n) is 7.48. The molecule has 0 radical (unpaired) electrons. The number of aryl methyl sites for hydroxylation is 2. The molecule has 21 heavy (non-hydrogen) atoms. The molecule has 0 unspecified atom stereocenters. The standard InChI is InChI=1S/C19H21NS/c1-14-3-6-17(7-4-14)21-19-8-5-15(2)13-18(19)16-9-11-20-12-10-16/h3-9,13,20H,10-12H2,1-2H3. The molecule has 1 aliphatic heterocycles. The van der Waals surface area contributed by atoms with Gasteiger partial charge in [0.15, 0.2) is 0 Å². The second-order valence-corrected chi connectivity index (χ2v) is 6.71. The van der Waals surface area contributed by atoms with E-state index in [1.807, 2.05) is 11.8 Å². The lowest BCUT2D eigenvalue weighted by Crippen LogP contribution is -2.20. The molecule has 2 aromatic carbocycles. The zero-order valence-electron chi connectivity index (χ0n) is 12.6. The fraction of sp³-hybridized carbons (Fsp3) is 0.263. The van der Waals surface area contributed by atoms with Gasteiger partial charge in [0.25, 0.3) is 0 Å². The third-order valence-corrected chi connectivity index (χ3v) is 4.88. The topological polar surface area (TPSA) is 12.0 Å². The Morgan fingerprint density at radius 2 is 1.71 bits per heavy atom. The van der Waals surface area contributed by atoms with E-state index in [1.54, 1.807) is 0 Å². The Morgan fingerprint density at radius 3 is 2.43 bits per heavy atom. The van der Waals surface area contributed by atoms with Crippen LogP contribution in [0.4, 0.5) is 0 Å². The molecule has 0 saturated carbocycles. The van der Waals surface area contributed by atoms with Crippen molar-refractivity contribution in [1.82, 2.24) is 5.32 Å². The summed E-state index contributed by atoms with van der Waals surface area (Å²) in [4.78, 5) is 2.66. The lowest BCUT2D eigenvalue weighted by atomic mass is 9.99. The van der Waals surface area contributed by atoms with Gasteiger partial charge in [-0.3, -0.25) is 0 Å². The van der Waals surface area contributed by atoms with Gasteiger partial charge in [0.05, 0.1) is 0 Å². The van der Waals surface area contributed by atoms with Crippen molar-refractivity contribution in [3.05, 3.63) is 65.2 Å². The van der Waals surface area contributed by atoms with E-state index in [0.717, 1.165) is 19.5 Å². The first-order chi connectivity index (χ1) is 10.2. The predicted molar refractivity (Wildman–Crippen MR) is 91.9 cm³/mol. The average Bonchev–Trinajstić information content (AvgIpc) is 2.52. The Hall–Kier alpha value is -1.51. The van der Waals surface area contributed by atoms with E-state index in [9.17, 15) is 0 Å². The SMILES string of the molecule is Cc1ccc(Sc2ccc(C)cc2C2=CCNCC2)cc1. The van der Waals surface area contributed by atoms with Crippen molar-refractivity contribution in [3.63, 3.8) is 0 Å². The third-order valence-electron chi connectivity index (χ3n) is 3.79. The summed E-state index contributed by atoms with van der Waals surface area (Å²) >= 11 is 1.86. The Bertz CT molecular complexity index is 656. The molecule has 0 saturated heterocycles. The molecular weight excluding hydrogens is 274 g/mol. The molecule has 0 bridgehead atoms. The quantitative estimate of drug-likeness (QED) is 0.870. The molecule has 1 nitrogen and oxygen atoms in total. The lowest BCUT2D eigenvalue weighted by molar-refractivity contribution is 0.737. The summed E-state index contributed by atoms with van der Waals surface area (Å²) in [5.74, 6) is 0. The van der Waals surface area contributed by atoms with Gasteiger partial charge in [-0.05, 0) is 56.1 Å². The number of hydrogen-bond acceptors (Lipinski definition) is 2. The Kier molecular flexibility index (Phi) is 4.47. The van der Waals surface area contributed by atoms with Crippen LogP contribution in [0.3, 0.4) is 0 Å². The molecule has 0 aromatic heterocycles. The van der Waals surface area contributed by atoms with Gasteiger partial charge in [0, 0.05) is 16.3 Å². The van der Waals surface area contributed by atoms with Crippen LogP contribution >= 0.6 is 11.8 Å². The smallest absolute Gasteiger partial charge is 0.0197 e. The first-order valence-corrected chi connectivity index (χ1v) is 8.29. The monoisotopic (exact) mass is 295 g/mol. The van der Waals surface area contributed by atoms with Crippen molar-refractivity contribution in [2.75, 3.05) is 13.1 Å². The maximum Gasteiger partial charge on any atom is 0.0197 e. The van der Waals surface area contributed by atoms with Crippen LogP contribution in [0.25, 0.3) is 5.57 Å². The molecule has 2 heteroatoms. The molecular formula is C19H21NS. The Labute approximate surface area is 131 Å². The molecule has 1 N–H and O–H groups in total. The largest absolute Gasteiger partial charge is 0.313 e.